The molecule has 3 aromatic carbocycles. The fourth-order valence-electron chi connectivity index (χ4n) is 10.1. The number of anilines is 3. The zero-order chi connectivity index (χ0) is 43.6. The monoisotopic (exact) mass is 878 g/mol. The molecule has 2 saturated carbocycles. The van der Waals surface area contributed by atoms with Gasteiger partial charge < -0.3 is 24.0 Å². The molecule has 2 aliphatic carbocycles. The SMILES string of the molecule is CCCN(C(=O)NC=O)c1nn(C)c2cc(N3CC4(CC(N5CCC6(CC5)CC(n5cnc7ccc(Oc8c(F)ccc(NSC9CC9)c8C#N)cc7c5=O)CO6)C4)C3)c(F)cc12. The van der Waals surface area contributed by atoms with Crippen molar-refractivity contribution in [3.8, 4) is 17.6 Å². The average molecular weight is 879 g/mol. The fraction of sp³-hybridized carbons (Fsp3) is 0.467. The highest BCUT2D eigenvalue weighted by atomic mass is 32.2. The number of fused-ring (bicyclic) bond motifs is 2. The van der Waals surface area contributed by atoms with Crippen LogP contribution in [0, 0.1) is 28.4 Å². The highest BCUT2D eigenvalue weighted by Crippen LogP contribution is 2.53. The van der Waals surface area contributed by atoms with E-state index in [1.54, 1.807) is 40.8 Å². The van der Waals surface area contributed by atoms with E-state index in [4.69, 9.17) is 9.47 Å². The maximum Gasteiger partial charge on any atom is 0.329 e. The van der Waals surface area contributed by atoms with Gasteiger partial charge >= 0.3 is 6.03 Å². The summed E-state index contributed by atoms with van der Waals surface area (Å²) < 4.78 is 49.7. The van der Waals surface area contributed by atoms with E-state index in [9.17, 15) is 19.6 Å². The van der Waals surface area contributed by atoms with E-state index in [1.807, 2.05) is 13.0 Å². The van der Waals surface area contributed by atoms with Gasteiger partial charge in [-0.05, 0) is 106 Å². The number of carbonyl (C=O) groups is 2. The molecule has 3 aliphatic heterocycles. The van der Waals surface area contributed by atoms with Crippen LogP contribution < -0.4 is 30.1 Å². The van der Waals surface area contributed by atoms with Crippen LogP contribution in [0.5, 0.6) is 11.5 Å². The Morgan fingerprint density at radius 3 is 2.60 bits per heavy atom. The van der Waals surface area contributed by atoms with E-state index >= 15 is 8.78 Å². The number of piperidine rings is 1. The van der Waals surface area contributed by atoms with Gasteiger partial charge in [0.05, 0.1) is 52.4 Å². The minimum Gasteiger partial charge on any atom is -0.453 e. The average Bonchev–Trinajstić information content (AvgIpc) is 3.92. The van der Waals surface area contributed by atoms with Crippen LogP contribution in [-0.4, -0.2) is 92.9 Å². The molecule has 0 radical (unpaired) electrons. The minimum absolute atomic E-state index is 0.0585. The number of benzene rings is 3. The number of carbonyl (C=O) groups excluding carboxylic acids is 2. The maximum atomic E-state index is 15.7. The molecule has 15 nitrogen and oxygen atoms in total. The number of hydrogen-bond acceptors (Lipinski definition) is 12. The standard InChI is InChI=1S/C45H48F2N10O5S/c1-3-12-56(43(60)50-26-58)41-32-16-35(47)39(17-38(32)53(2)51-41)55-23-44(24-55)18-27(19-44)54-13-10-45(11-14-54)20-28(22-61-45)57-25-49-36-8-4-29(15-31(36)42(57)59)62-40-33(21-48)37(9-7-34(40)46)52-63-30-5-6-30/h4,7-9,15-17,25-28,30,52H,3,5-6,10-14,18-20,22-24H2,1-2H3,(H,50,58,60). The zero-order valence-electron chi connectivity index (χ0n) is 35.1. The molecule has 2 N–H and O–H groups in total. The molecule has 5 heterocycles. The lowest BCUT2D eigenvalue weighted by Gasteiger charge is -2.62. The van der Waals surface area contributed by atoms with E-state index in [2.05, 4.69) is 36.0 Å². The van der Waals surface area contributed by atoms with Gasteiger partial charge in [0, 0.05) is 61.9 Å². The van der Waals surface area contributed by atoms with Crippen molar-refractivity contribution in [3.05, 3.63) is 76.3 Å². The van der Waals surface area contributed by atoms with Crippen molar-refractivity contribution >= 4 is 63.4 Å². The highest BCUT2D eigenvalue weighted by Gasteiger charge is 2.55. The topological polar surface area (TPSA) is 163 Å². The summed E-state index contributed by atoms with van der Waals surface area (Å²) in [5.74, 6) is -0.695. The Hall–Kier alpha value is -5.77. The summed E-state index contributed by atoms with van der Waals surface area (Å²) in [6.07, 6.45) is 9.25. The van der Waals surface area contributed by atoms with Gasteiger partial charge in [0.2, 0.25) is 6.41 Å². The van der Waals surface area contributed by atoms with Crippen molar-refractivity contribution in [2.75, 3.05) is 53.9 Å². The first-order valence-corrected chi connectivity index (χ1v) is 22.5. The summed E-state index contributed by atoms with van der Waals surface area (Å²) in [5.41, 5.74) is 1.84. The third-order valence-electron chi connectivity index (χ3n) is 13.6. The van der Waals surface area contributed by atoms with Gasteiger partial charge in [0.1, 0.15) is 23.2 Å². The van der Waals surface area contributed by atoms with Crippen LogP contribution in [0.2, 0.25) is 0 Å². The number of ether oxygens (including phenoxy) is 2. The second-order valence-electron chi connectivity index (χ2n) is 17.9. The highest BCUT2D eigenvalue weighted by molar-refractivity contribution is 8.01. The summed E-state index contributed by atoms with van der Waals surface area (Å²) in [6, 6.07) is 12.6. The van der Waals surface area contributed by atoms with Crippen molar-refractivity contribution in [3.63, 3.8) is 0 Å². The predicted octanol–water partition coefficient (Wildman–Crippen LogP) is 7.00. The second kappa shape index (κ2) is 16.1. The molecule has 5 aliphatic rings. The number of nitriles is 1. The van der Waals surface area contributed by atoms with Gasteiger partial charge in [-0.1, -0.05) is 6.92 Å². The molecule has 1 unspecified atom stereocenters. The molecule has 10 rings (SSSR count). The minimum atomic E-state index is -0.673. The number of hydrogen-bond donors (Lipinski definition) is 2. The number of amides is 3. The summed E-state index contributed by atoms with van der Waals surface area (Å²) in [4.78, 5) is 48.2. The zero-order valence-corrected chi connectivity index (χ0v) is 35.9. The number of imide groups is 1. The maximum absolute atomic E-state index is 15.7. The molecule has 0 bridgehead atoms. The normalized spacial score (nSPS) is 20.4. The number of rotatable bonds is 12. The molecule has 18 heteroatoms. The van der Waals surface area contributed by atoms with Gasteiger partial charge in [0.15, 0.2) is 17.4 Å². The second-order valence-corrected chi connectivity index (χ2v) is 19.0. The van der Waals surface area contributed by atoms with Crippen LogP contribution >= 0.6 is 11.9 Å². The molecule has 3 amide bonds. The van der Waals surface area contributed by atoms with Crippen LogP contribution in [0.15, 0.2) is 53.6 Å². The molecular formula is C45H48F2N10O5S. The summed E-state index contributed by atoms with van der Waals surface area (Å²) in [6.45, 7) is 5.97. The van der Waals surface area contributed by atoms with Gasteiger partial charge in [-0.25, -0.2) is 18.6 Å². The number of nitrogens with one attached hydrogen (secondary N) is 2. The lowest BCUT2D eigenvalue weighted by atomic mass is 9.59. The van der Waals surface area contributed by atoms with Crippen LogP contribution in [-0.2, 0) is 16.6 Å². The van der Waals surface area contributed by atoms with E-state index in [0.717, 1.165) is 64.7 Å². The number of likely N-dealkylation sites (tertiary alicyclic amines) is 1. The summed E-state index contributed by atoms with van der Waals surface area (Å²) in [5, 5.41) is 18.0. The molecule has 328 valence electrons. The van der Waals surface area contributed by atoms with Crippen LogP contribution in [0.3, 0.4) is 0 Å². The van der Waals surface area contributed by atoms with Gasteiger partial charge in [-0.3, -0.25) is 29.1 Å². The predicted molar refractivity (Wildman–Crippen MR) is 235 cm³/mol. The number of nitrogens with zero attached hydrogens (tertiary/aromatic N) is 8. The first kappa shape index (κ1) is 41.3. The molecule has 5 aromatic rings. The van der Waals surface area contributed by atoms with Gasteiger partial charge in [-0.15, -0.1) is 0 Å². The quantitative estimate of drug-likeness (QED) is 0.0977. The van der Waals surface area contributed by atoms with E-state index in [-0.39, 0.29) is 45.5 Å². The lowest BCUT2D eigenvalue weighted by Crippen LogP contribution is -2.67. The van der Waals surface area contributed by atoms with Crippen LogP contribution in [0.4, 0.5) is 30.8 Å². The van der Waals surface area contributed by atoms with Crippen molar-refractivity contribution < 1.29 is 27.8 Å². The fourth-order valence-corrected chi connectivity index (χ4v) is 11.0. The van der Waals surface area contributed by atoms with Gasteiger partial charge in [-0.2, -0.15) is 10.4 Å². The van der Waals surface area contributed by atoms with Crippen molar-refractivity contribution in [2.24, 2.45) is 12.5 Å². The molecule has 2 spiro atoms. The third-order valence-corrected chi connectivity index (χ3v) is 14.8. The largest absolute Gasteiger partial charge is 0.453 e. The smallest absolute Gasteiger partial charge is 0.329 e. The molecule has 3 saturated heterocycles. The Morgan fingerprint density at radius 2 is 1.87 bits per heavy atom. The van der Waals surface area contributed by atoms with E-state index in [0.29, 0.717) is 82.7 Å². The Morgan fingerprint density at radius 1 is 1.08 bits per heavy atom. The molecule has 63 heavy (non-hydrogen) atoms. The Labute approximate surface area is 366 Å². The Balaban J connectivity index is 0.752. The van der Waals surface area contributed by atoms with E-state index < -0.39 is 11.8 Å². The Kier molecular flexibility index (Phi) is 10.5. The van der Waals surface area contributed by atoms with Crippen LogP contribution in [0.25, 0.3) is 21.8 Å². The number of urea groups is 1. The first-order chi connectivity index (χ1) is 30.5. The molecule has 5 fully saturated rings. The van der Waals surface area contributed by atoms with Crippen molar-refractivity contribution in [1.82, 2.24) is 29.5 Å². The van der Waals surface area contributed by atoms with Crippen molar-refractivity contribution in [2.45, 2.75) is 81.2 Å². The Bertz CT molecular complexity index is 2730. The number of halogens is 2. The molecule has 2 aromatic heterocycles. The molecule has 1 atom stereocenters. The van der Waals surface area contributed by atoms with Gasteiger partial charge in [0.25, 0.3) is 5.56 Å². The lowest BCUT2D eigenvalue weighted by molar-refractivity contribution is -0.108. The van der Waals surface area contributed by atoms with E-state index in [1.165, 1.54) is 35.0 Å². The third kappa shape index (κ3) is 7.53. The summed E-state index contributed by atoms with van der Waals surface area (Å²) in [7, 11) is 1.77. The summed E-state index contributed by atoms with van der Waals surface area (Å²) >= 11 is 1.51. The number of aromatic nitrogens is 4. The van der Waals surface area contributed by atoms with Crippen molar-refractivity contribution in [1.29, 1.82) is 5.26 Å². The molecular weight excluding hydrogens is 831 g/mol. The first-order valence-electron chi connectivity index (χ1n) is 21.6. The number of aryl methyl sites for hydroxylation is 1. The van der Waals surface area contributed by atoms with Crippen LogP contribution in [0.1, 0.15) is 69.9 Å².